The van der Waals surface area contributed by atoms with Crippen molar-refractivity contribution in [3.8, 4) is 11.3 Å². The van der Waals surface area contributed by atoms with Gasteiger partial charge in [0.25, 0.3) is 0 Å². The SMILES string of the molecule is Cc1cc(-c2c(C)cc(Cl)cc2C)n[nH]1. The van der Waals surface area contributed by atoms with Crippen molar-refractivity contribution in [2.24, 2.45) is 0 Å². The van der Waals surface area contributed by atoms with E-state index < -0.39 is 0 Å². The van der Waals surface area contributed by atoms with Crippen molar-refractivity contribution in [2.45, 2.75) is 20.8 Å². The Morgan fingerprint density at radius 3 is 2.13 bits per heavy atom. The zero-order chi connectivity index (χ0) is 11.0. The molecule has 2 nitrogen and oxygen atoms in total. The second-order valence-corrected chi connectivity index (χ2v) is 4.29. The molecule has 0 saturated heterocycles. The molecule has 0 atom stereocenters. The van der Waals surface area contributed by atoms with E-state index in [4.69, 9.17) is 11.6 Å². The van der Waals surface area contributed by atoms with Gasteiger partial charge in [0.05, 0.1) is 5.69 Å². The summed E-state index contributed by atoms with van der Waals surface area (Å²) in [6.45, 7) is 6.10. The van der Waals surface area contributed by atoms with Crippen molar-refractivity contribution >= 4 is 11.6 Å². The van der Waals surface area contributed by atoms with E-state index >= 15 is 0 Å². The summed E-state index contributed by atoms with van der Waals surface area (Å²) in [5.41, 5.74) is 5.54. The quantitative estimate of drug-likeness (QED) is 0.781. The summed E-state index contributed by atoms with van der Waals surface area (Å²) in [6.07, 6.45) is 0. The first-order valence-corrected chi connectivity index (χ1v) is 5.25. The van der Waals surface area contributed by atoms with Crippen LogP contribution in [0.15, 0.2) is 18.2 Å². The van der Waals surface area contributed by atoms with Crippen molar-refractivity contribution in [2.75, 3.05) is 0 Å². The maximum Gasteiger partial charge on any atom is 0.0928 e. The highest BCUT2D eigenvalue weighted by atomic mass is 35.5. The van der Waals surface area contributed by atoms with E-state index in [9.17, 15) is 0 Å². The van der Waals surface area contributed by atoms with Crippen LogP contribution in [-0.2, 0) is 0 Å². The van der Waals surface area contributed by atoms with Crippen LogP contribution in [0, 0.1) is 20.8 Å². The van der Waals surface area contributed by atoms with Crippen molar-refractivity contribution in [1.82, 2.24) is 10.2 Å². The molecule has 1 N–H and O–H groups in total. The lowest BCUT2D eigenvalue weighted by Gasteiger charge is -2.07. The highest BCUT2D eigenvalue weighted by Crippen LogP contribution is 2.28. The summed E-state index contributed by atoms with van der Waals surface area (Å²) in [7, 11) is 0. The fraction of sp³-hybridized carbons (Fsp3) is 0.250. The molecule has 2 rings (SSSR count). The highest BCUT2D eigenvalue weighted by Gasteiger charge is 2.09. The largest absolute Gasteiger partial charge is 0.282 e. The Morgan fingerprint density at radius 1 is 1.07 bits per heavy atom. The smallest absolute Gasteiger partial charge is 0.0928 e. The maximum absolute atomic E-state index is 5.99. The van der Waals surface area contributed by atoms with Crippen LogP contribution in [-0.4, -0.2) is 10.2 Å². The monoisotopic (exact) mass is 220 g/mol. The average Bonchev–Trinajstić information content (AvgIpc) is 2.49. The fourth-order valence-corrected chi connectivity index (χ4v) is 2.19. The standard InChI is InChI=1S/C12H13ClN2/c1-7-4-10(13)5-8(2)12(7)11-6-9(3)14-15-11/h4-6H,1-3H3,(H,14,15). The number of hydrogen-bond acceptors (Lipinski definition) is 1. The maximum atomic E-state index is 5.99. The van der Waals surface area contributed by atoms with E-state index in [1.54, 1.807) is 0 Å². The molecule has 1 heterocycles. The van der Waals surface area contributed by atoms with Gasteiger partial charge < -0.3 is 0 Å². The van der Waals surface area contributed by atoms with E-state index in [2.05, 4.69) is 24.0 Å². The number of nitrogens with one attached hydrogen (secondary N) is 1. The number of hydrogen-bond donors (Lipinski definition) is 1. The zero-order valence-corrected chi connectivity index (χ0v) is 9.81. The number of aryl methyl sites for hydroxylation is 3. The first-order chi connectivity index (χ1) is 7.08. The molecule has 0 bridgehead atoms. The Labute approximate surface area is 94.3 Å². The molecule has 1 aromatic carbocycles. The minimum absolute atomic E-state index is 0.779. The van der Waals surface area contributed by atoms with Crippen molar-refractivity contribution in [3.63, 3.8) is 0 Å². The van der Waals surface area contributed by atoms with Crippen LogP contribution >= 0.6 is 11.6 Å². The van der Waals surface area contributed by atoms with Gasteiger partial charge in [0, 0.05) is 16.3 Å². The summed E-state index contributed by atoms with van der Waals surface area (Å²) in [5, 5.41) is 8.00. The molecular formula is C12H13ClN2. The molecule has 0 spiro atoms. The third-order valence-electron chi connectivity index (χ3n) is 2.46. The number of benzene rings is 1. The Kier molecular flexibility index (Phi) is 2.53. The van der Waals surface area contributed by atoms with Gasteiger partial charge in [-0.05, 0) is 50.1 Å². The van der Waals surface area contributed by atoms with Crippen molar-refractivity contribution < 1.29 is 0 Å². The number of H-pyrrole nitrogens is 1. The lowest BCUT2D eigenvalue weighted by Crippen LogP contribution is -1.88. The number of nitrogens with zero attached hydrogens (tertiary/aromatic N) is 1. The predicted molar refractivity (Wildman–Crippen MR) is 63.2 cm³/mol. The summed E-state index contributed by atoms with van der Waals surface area (Å²) >= 11 is 5.99. The van der Waals surface area contributed by atoms with Crippen LogP contribution in [0.4, 0.5) is 0 Å². The Morgan fingerprint density at radius 2 is 1.67 bits per heavy atom. The van der Waals surface area contributed by atoms with Crippen molar-refractivity contribution in [3.05, 3.63) is 40.0 Å². The fourth-order valence-electron chi connectivity index (χ4n) is 1.86. The number of rotatable bonds is 1. The minimum atomic E-state index is 0.779. The molecule has 0 fully saturated rings. The molecule has 0 saturated carbocycles. The van der Waals surface area contributed by atoms with E-state index in [1.807, 2.05) is 25.1 Å². The molecule has 0 radical (unpaired) electrons. The van der Waals surface area contributed by atoms with Gasteiger partial charge in [-0.3, -0.25) is 5.10 Å². The molecule has 0 aliphatic carbocycles. The third-order valence-corrected chi connectivity index (χ3v) is 2.68. The molecule has 0 aliphatic rings. The topological polar surface area (TPSA) is 28.7 Å². The Hall–Kier alpha value is -1.28. The first-order valence-electron chi connectivity index (χ1n) is 4.87. The van der Waals surface area contributed by atoms with Crippen molar-refractivity contribution in [1.29, 1.82) is 0 Å². The third kappa shape index (κ3) is 1.90. The van der Waals surface area contributed by atoms with Gasteiger partial charge in [-0.1, -0.05) is 11.6 Å². The van der Waals surface area contributed by atoms with Crippen LogP contribution in [0.3, 0.4) is 0 Å². The summed E-state index contributed by atoms with van der Waals surface area (Å²) in [5.74, 6) is 0. The van der Waals surface area contributed by atoms with Crippen LogP contribution in [0.5, 0.6) is 0 Å². The average molecular weight is 221 g/mol. The van der Waals surface area contributed by atoms with Gasteiger partial charge in [-0.2, -0.15) is 5.10 Å². The summed E-state index contributed by atoms with van der Waals surface area (Å²) in [4.78, 5) is 0. The summed E-state index contributed by atoms with van der Waals surface area (Å²) < 4.78 is 0. The van der Waals surface area contributed by atoms with Crippen LogP contribution in [0.1, 0.15) is 16.8 Å². The van der Waals surface area contributed by atoms with Crippen LogP contribution < -0.4 is 0 Å². The normalized spacial score (nSPS) is 10.7. The lowest BCUT2D eigenvalue weighted by molar-refractivity contribution is 1.05. The van der Waals surface area contributed by atoms with Gasteiger partial charge in [0.15, 0.2) is 0 Å². The van der Waals surface area contributed by atoms with Gasteiger partial charge in [-0.25, -0.2) is 0 Å². The van der Waals surface area contributed by atoms with Gasteiger partial charge >= 0.3 is 0 Å². The molecule has 2 aromatic rings. The second kappa shape index (κ2) is 3.70. The number of aromatic nitrogens is 2. The first kappa shape index (κ1) is 10.2. The van der Waals surface area contributed by atoms with Crippen LogP contribution in [0.25, 0.3) is 11.3 Å². The molecule has 0 aliphatic heterocycles. The summed E-state index contributed by atoms with van der Waals surface area (Å²) in [6, 6.07) is 5.98. The molecule has 15 heavy (non-hydrogen) atoms. The Balaban J connectivity index is 2.62. The molecular weight excluding hydrogens is 208 g/mol. The van der Waals surface area contributed by atoms with Gasteiger partial charge in [0.1, 0.15) is 0 Å². The van der Waals surface area contributed by atoms with Crippen LogP contribution in [0.2, 0.25) is 5.02 Å². The Bertz CT molecular complexity index is 477. The number of halogens is 1. The lowest BCUT2D eigenvalue weighted by atomic mass is 10.00. The minimum Gasteiger partial charge on any atom is -0.282 e. The molecule has 0 amide bonds. The van der Waals surface area contributed by atoms with E-state index in [0.717, 1.165) is 27.5 Å². The van der Waals surface area contributed by atoms with E-state index in [-0.39, 0.29) is 0 Å². The highest BCUT2D eigenvalue weighted by molar-refractivity contribution is 6.30. The van der Waals surface area contributed by atoms with Gasteiger partial charge in [-0.15, -0.1) is 0 Å². The van der Waals surface area contributed by atoms with E-state index in [1.165, 1.54) is 5.56 Å². The van der Waals surface area contributed by atoms with Gasteiger partial charge in [0.2, 0.25) is 0 Å². The molecule has 1 aromatic heterocycles. The zero-order valence-electron chi connectivity index (χ0n) is 9.06. The van der Waals surface area contributed by atoms with E-state index in [0.29, 0.717) is 0 Å². The second-order valence-electron chi connectivity index (χ2n) is 3.85. The molecule has 3 heteroatoms. The predicted octanol–water partition coefficient (Wildman–Crippen LogP) is 3.66. The molecule has 0 unspecified atom stereocenters. The number of aromatic amines is 1. The molecule has 78 valence electrons.